The van der Waals surface area contributed by atoms with Crippen LogP contribution in [0.4, 0.5) is 0 Å². The lowest BCUT2D eigenvalue weighted by atomic mass is 10.1. The lowest BCUT2D eigenvalue weighted by Gasteiger charge is -2.15. The number of nitrogens with zero attached hydrogens (tertiary/aromatic N) is 3. The molecular formula is C20H20N4O2S. The van der Waals surface area contributed by atoms with Crippen LogP contribution in [0, 0.1) is 0 Å². The average molecular weight is 380 g/mol. The van der Waals surface area contributed by atoms with Gasteiger partial charge in [-0.25, -0.2) is 5.43 Å². The Bertz CT molecular complexity index is 1080. The van der Waals surface area contributed by atoms with E-state index in [1.54, 1.807) is 6.07 Å². The first kappa shape index (κ1) is 17.5. The molecule has 0 atom stereocenters. The van der Waals surface area contributed by atoms with Gasteiger partial charge >= 0.3 is 0 Å². The van der Waals surface area contributed by atoms with E-state index in [2.05, 4.69) is 10.5 Å². The normalized spacial score (nSPS) is 14.9. The first-order valence-electron chi connectivity index (χ1n) is 8.87. The maximum absolute atomic E-state index is 12.5. The lowest BCUT2D eigenvalue weighted by molar-refractivity contribution is -0.128. The fourth-order valence-electron chi connectivity index (χ4n) is 3.25. The van der Waals surface area contributed by atoms with Crippen molar-refractivity contribution < 1.29 is 9.59 Å². The second-order valence-corrected chi connectivity index (χ2v) is 7.59. The van der Waals surface area contributed by atoms with E-state index in [9.17, 15) is 9.59 Å². The van der Waals surface area contributed by atoms with Gasteiger partial charge in [0.15, 0.2) is 0 Å². The number of nitrogens with one attached hydrogen (secondary N) is 1. The molecule has 3 aromatic rings. The van der Waals surface area contributed by atoms with E-state index in [1.807, 2.05) is 59.0 Å². The molecule has 0 aliphatic carbocycles. The topological polar surface area (TPSA) is 66.7 Å². The summed E-state index contributed by atoms with van der Waals surface area (Å²) in [7, 11) is 1.93. The van der Waals surface area contributed by atoms with Crippen molar-refractivity contribution in [3.05, 3.63) is 64.5 Å². The van der Waals surface area contributed by atoms with Gasteiger partial charge in [-0.3, -0.25) is 9.59 Å². The van der Waals surface area contributed by atoms with Crippen molar-refractivity contribution in [1.82, 2.24) is 14.9 Å². The molecule has 2 aromatic carbocycles. The maximum atomic E-state index is 12.5. The molecule has 6 nitrogen and oxygen atoms in total. The number of likely N-dealkylation sites (tertiary alicyclic amines) is 1. The zero-order chi connectivity index (χ0) is 18.8. The fraction of sp³-hybridized carbons (Fsp3) is 0.250. The van der Waals surface area contributed by atoms with Crippen LogP contribution >= 0.6 is 11.3 Å². The van der Waals surface area contributed by atoms with E-state index in [4.69, 9.17) is 0 Å². The Kier molecular flexibility index (Phi) is 4.77. The van der Waals surface area contributed by atoms with Gasteiger partial charge in [0, 0.05) is 32.1 Å². The number of aromatic nitrogens is 1. The van der Waals surface area contributed by atoms with Gasteiger partial charge in [-0.2, -0.15) is 0 Å². The minimum absolute atomic E-state index is 0.178. The van der Waals surface area contributed by atoms with Crippen LogP contribution in [0.5, 0.6) is 0 Å². The van der Waals surface area contributed by atoms with Crippen molar-refractivity contribution in [2.75, 3.05) is 6.54 Å². The maximum Gasteiger partial charge on any atom is 0.271 e. The van der Waals surface area contributed by atoms with Gasteiger partial charge in [0.2, 0.25) is 10.7 Å². The smallest absolute Gasteiger partial charge is 0.271 e. The molecule has 2 amide bonds. The Labute approximate surface area is 160 Å². The third-order valence-corrected chi connectivity index (χ3v) is 5.81. The minimum Gasteiger partial charge on any atom is -0.338 e. The van der Waals surface area contributed by atoms with Crippen LogP contribution in [0.1, 0.15) is 28.8 Å². The molecule has 0 spiro atoms. The molecule has 0 radical (unpaired) electrons. The average Bonchev–Trinajstić information content (AvgIpc) is 3.23. The van der Waals surface area contributed by atoms with Gasteiger partial charge < -0.3 is 9.47 Å². The number of aryl methyl sites for hydroxylation is 1. The van der Waals surface area contributed by atoms with E-state index >= 15 is 0 Å². The number of para-hydroxylation sites is 1. The molecule has 0 saturated carbocycles. The molecule has 4 rings (SSSR count). The third kappa shape index (κ3) is 3.64. The van der Waals surface area contributed by atoms with Gasteiger partial charge in [-0.05, 0) is 36.2 Å². The van der Waals surface area contributed by atoms with E-state index in [-0.39, 0.29) is 11.8 Å². The van der Waals surface area contributed by atoms with Crippen LogP contribution in [0.3, 0.4) is 0 Å². The van der Waals surface area contributed by atoms with Crippen molar-refractivity contribution in [1.29, 1.82) is 0 Å². The summed E-state index contributed by atoms with van der Waals surface area (Å²) < 4.78 is 3.07. The molecule has 1 aliphatic rings. The molecular weight excluding hydrogens is 360 g/mol. The van der Waals surface area contributed by atoms with Crippen molar-refractivity contribution in [3.8, 4) is 0 Å². The molecule has 138 valence electrons. The molecule has 7 heteroatoms. The van der Waals surface area contributed by atoms with Gasteiger partial charge in [0.25, 0.3) is 5.91 Å². The summed E-state index contributed by atoms with van der Waals surface area (Å²) in [4.78, 5) is 26.9. The Morgan fingerprint density at radius 1 is 1.22 bits per heavy atom. The minimum atomic E-state index is -0.262. The van der Waals surface area contributed by atoms with Crippen LogP contribution in [-0.4, -0.2) is 27.8 Å². The molecule has 1 N–H and O–H groups in total. The molecule has 0 bridgehead atoms. The SMILES string of the molecule is Cn1/c(=N\NC(=O)c2cccc(CN3CCCC3=O)c2)sc2ccccc21. The van der Waals surface area contributed by atoms with Crippen molar-refractivity contribution in [2.45, 2.75) is 19.4 Å². The fourth-order valence-corrected chi connectivity index (χ4v) is 4.23. The summed E-state index contributed by atoms with van der Waals surface area (Å²) in [6, 6.07) is 15.4. The number of thiazole rings is 1. The molecule has 1 aromatic heterocycles. The van der Waals surface area contributed by atoms with E-state index in [1.165, 1.54) is 11.3 Å². The van der Waals surface area contributed by atoms with E-state index in [0.717, 1.165) is 33.5 Å². The lowest BCUT2D eigenvalue weighted by Crippen LogP contribution is -2.25. The molecule has 1 fully saturated rings. The van der Waals surface area contributed by atoms with E-state index in [0.29, 0.717) is 18.5 Å². The number of fused-ring (bicyclic) bond motifs is 1. The van der Waals surface area contributed by atoms with Crippen LogP contribution in [0.25, 0.3) is 10.2 Å². The molecule has 1 saturated heterocycles. The monoisotopic (exact) mass is 380 g/mol. The van der Waals surface area contributed by atoms with Crippen LogP contribution in [0.2, 0.25) is 0 Å². The quantitative estimate of drug-likeness (QED) is 0.707. The summed E-state index contributed by atoms with van der Waals surface area (Å²) in [5.41, 5.74) is 5.20. The summed E-state index contributed by atoms with van der Waals surface area (Å²) in [5, 5.41) is 4.28. The van der Waals surface area contributed by atoms with Gasteiger partial charge in [0.05, 0.1) is 10.2 Å². The second-order valence-electron chi connectivity index (χ2n) is 6.58. The van der Waals surface area contributed by atoms with E-state index < -0.39 is 0 Å². The second kappa shape index (κ2) is 7.36. The Morgan fingerprint density at radius 2 is 2.07 bits per heavy atom. The number of benzene rings is 2. The van der Waals surface area contributed by atoms with Crippen LogP contribution in [0.15, 0.2) is 53.6 Å². The molecule has 2 heterocycles. The molecule has 27 heavy (non-hydrogen) atoms. The predicted molar refractivity (Wildman–Crippen MR) is 105 cm³/mol. The van der Waals surface area contributed by atoms with Crippen molar-refractivity contribution >= 4 is 33.4 Å². The molecule has 0 unspecified atom stereocenters. The third-order valence-electron chi connectivity index (χ3n) is 4.70. The largest absolute Gasteiger partial charge is 0.338 e. The highest BCUT2D eigenvalue weighted by Crippen LogP contribution is 2.16. The Hall–Kier alpha value is -2.93. The van der Waals surface area contributed by atoms with Gasteiger partial charge in [0.1, 0.15) is 0 Å². The zero-order valence-electron chi connectivity index (χ0n) is 15.0. The summed E-state index contributed by atoms with van der Waals surface area (Å²) in [5.74, 6) is -0.0841. The predicted octanol–water partition coefficient (Wildman–Crippen LogP) is 2.61. The van der Waals surface area contributed by atoms with Crippen LogP contribution < -0.4 is 10.2 Å². The number of carbonyl (C=O) groups is 2. The van der Waals surface area contributed by atoms with Gasteiger partial charge in [-0.1, -0.05) is 35.6 Å². The zero-order valence-corrected chi connectivity index (χ0v) is 15.8. The number of rotatable bonds is 4. The number of carbonyl (C=O) groups excluding carboxylic acids is 2. The highest BCUT2D eigenvalue weighted by atomic mass is 32.1. The first-order valence-corrected chi connectivity index (χ1v) is 9.69. The summed E-state index contributed by atoms with van der Waals surface area (Å²) in [6.07, 6.45) is 1.52. The standard InChI is InChI=1S/C20H20N4O2S/c1-23-16-8-2-3-9-17(16)27-20(23)22-21-19(26)15-7-4-6-14(12-15)13-24-11-5-10-18(24)25/h2-4,6-9,12H,5,10-11,13H2,1H3,(H,21,26)/b22-20+. The summed E-state index contributed by atoms with van der Waals surface area (Å²) >= 11 is 1.52. The summed E-state index contributed by atoms with van der Waals surface area (Å²) in [6.45, 7) is 1.33. The Balaban J connectivity index is 1.51. The number of hydrogen-bond acceptors (Lipinski definition) is 4. The highest BCUT2D eigenvalue weighted by molar-refractivity contribution is 7.16. The van der Waals surface area contributed by atoms with Crippen molar-refractivity contribution in [2.24, 2.45) is 12.1 Å². The Morgan fingerprint density at radius 3 is 2.85 bits per heavy atom. The number of hydrogen-bond donors (Lipinski definition) is 1. The van der Waals surface area contributed by atoms with Crippen molar-refractivity contribution in [3.63, 3.8) is 0 Å². The number of amides is 2. The van der Waals surface area contributed by atoms with Gasteiger partial charge in [-0.15, -0.1) is 5.10 Å². The highest BCUT2D eigenvalue weighted by Gasteiger charge is 2.20. The first-order chi connectivity index (χ1) is 13.1. The van der Waals surface area contributed by atoms with Crippen LogP contribution in [-0.2, 0) is 18.4 Å². The molecule has 1 aliphatic heterocycles.